The number of H-pyrrole nitrogens is 1. The summed E-state index contributed by atoms with van der Waals surface area (Å²) in [6.45, 7) is 0. The van der Waals surface area contributed by atoms with Gasteiger partial charge in [-0.1, -0.05) is 71.0 Å². The molecule has 0 aliphatic rings. The molecule has 9 heteroatoms. The lowest BCUT2D eigenvalue weighted by Gasteiger charge is -2.03. The number of hydrogen-bond donors (Lipinski definition) is 2. The van der Waals surface area contributed by atoms with Gasteiger partial charge in [0.25, 0.3) is 0 Å². The number of carbonyl (C=O) groups excluding carboxylic acids is 1. The van der Waals surface area contributed by atoms with Crippen LogP contribution in [0.15, 0.2) is 135 Å². The summed E-state index contributed by atoms with van der Waals surface area (Å²) >= 11 is 15.0. The molecular weight excluding hydrogens is 607 g/mol. The number of rotatable bonds is 7. The minimum absolute atomic E-state index is 0.238. The molecule has 0 radical (unpaired) electrons. The van der Waals surface area contributed by atoms with Gasteiger partial charge in [-0.3, -0.25) is 4.79 Å². The van der Waals surface area contributed by atoms with Gasteiger partial charge in [0.15, 0.2) is 0 Å². The summed E-state index contributed by atoms with van der Waals surface area (Å²) < 4.78 is 0. The summed E-state index contributed by atoms with van der Waals surface area (Å²) in [4.78, 5) is 33.8. The van der Waals surface area contributed by atoms with Gasteiger partial charge in [-0.25, -0.2) is 9.78 Å². The van der Waals surface area contributed by atoms with E-state index in [4.69, 9.17) is 28.3 Å². The smallest absolute Gasteiger partial charge is 0.335 e. The van der Waals surface area contributed by atoms with Crippen LogP contribution < -0.4 is 0 Å². The fraction of sp³-hybridized carbons (Fsp3) is 0. The summed E-state index contributed by atoms with van der Waals surface area (Å²) in [6.07, 6.45) is 0.844. The molecule has 6 aromatic rings. The summed E-state index contributed by atoms with van der Waals surface area (Å²) in [6, 6.07) is 35.8. The van der Waals surface area contributed by atoms with Crippen molar-refractivity contribution in [3.8, 4) is 11.4 Å². The number of carboxylic acid groups (broad SMARTS) is 1. The third-order valence-corrected chi connectivity index (χ3v) is 8.51. The van der Waals surface area contributed by atoms with Crippen LogP contribution in [0, 0.1) is 0 Å². The average Bonchev–Trinajstić information content (AvgIpc) is 3.44. The van der Waals surface area contributed by atoms with Gasteiger partial charge in [0.1, 0.15) is 12.1 Å². The van der Waals surface area contributed by atoms with Gasteiger partial charge in [0, 0.05) is 40.8 Å². The molecule has 0 bridgehead atoms. The number of carbonyl (C=O) groups is 2. The van der Waals surface area contributed by atoms with E-state index in [1.54, 1.807) is 41.7 Å². The summed E-state index contributed by atoms with van der Waals surface area (Å²) in [5.41, 5.74) is 3.32. The lowest BCUT2D eigenvalue weighted by atomic mass is 10.2. The first-order valence-corrected chi connectivity index (χ1v) is 15.0. The highest BCUT2D eigenvalue weighted by Gasteiger charge is 2.09. The highest BCUT2D eigenvalue weighted by molar-refractivity contribution is 7.99. The van der Waals surface area contributed by atoms with E-state index in [2.05, 4.69) is 9.97 Å². The third-order valence-electron chi connectivity index (χ3n) is 5.97. The summed E-state index contributed by atoms with van der Waals surface area (Å²) in [7, 11) is 0. The van der Waals surface area contributed by atoms with Crippen LogP contribution in [0.3, 0.4) is 0 Å². The van der Waals surface area contributed by atoms with Crippen LogP contribution in [0.5, 0.6) is 0 Å². The lowest BCUT2D eigenvalue weighted by molar-refractivity contribution is 0.0697. The third kappa shape index (κ3) is 7.84. The van der Waals surface area contributed by atoms with Crippen molar-refractivity contribution in [3.63, 3.8) is 0 Å². The van der Waals surface area contributed by atoms with Gasteiger partial charge >= 0.3 is 5.97 Å². The fourth-order valence-corrected chi connectivity index (χ4v) is 5.74. The maximum absolute atomic E-state index is 11.1. The first-order chi connectivity index (χ1) is 20.4. The molecule has 0 saturated carbocycles. The maximum Gasteiger partial charge on any atom is 0.335 e. The number of halogens is 2. The van der Waals surface area contributed by atoms with E-state index in [0.29, 0.717) is 16.9 Å². The zero-order chi connectivity index (χ0) is 29.5. The maximum atomic E-state index is 11.1. The van der Waals surface area contributed by atoms with E-state index in [9.17, 15) is 9.59 Å². The van der Waals surface area contributed by atoms with Crippen LogP contribution in [0.25, 0.3) is 22.4 Å². The minimum atomic E-state index is -0.952. The molecule has 0 aliphatic carbocycles. The molecule has 0 aliphatic heterocycles. The van der Waals surface area contributed by atoms with Crippen LogP contribution in [-0.4, -0.2) is 27.3 Å². The Morgan fingerprint density at radius 2 is 1.17 bits per heavy atom. The number of nitrogens with one attached hydrogen (secondary N) is 1. The number of nitrogens with zero attached hydrogens (tertiary/aromatic N) is 1. The van der Waals surface area contributed by atoms with Crippen molar-refractivity contribution in [2.75, 3.05) is 0 Å². The second-order valence-electron chi connectivity index (χ2n) is 8.95. The predicted octanol–water partition coefficient (Wildman–Crippen LogP) is 10.0. The minimum Gasteiger partial charge on any atom is -0.478 e. The number of aromatic carboxylic acids is 1. The largest absolute Gasteiger partial charge is 0.478 e. The molecule has 0 saturated heterocycles. The zero-order valence-electron chi connectivity index (χ0n) is 21.8. The van der Waals surface area contributed by atoms with E-state index in [1.807, 2.05) is 97.1 Å². The number of aldehydes is 1. The van der Waals surface area contributed by atoms with Crippen molar-refractivity contribution in [1.82, 2.24) is 9.97 Å². The van der Waals surface area contributed by atoms with E-state index < -0.39 is 5.97 Å². The second kappa shape index (κ2) is 13.8. The Morgan fingerprint density at radius 1 is 0.690 bits per heavy atom. The van der Waals surface area contributed by atoms with E-state index in [1.165, 1.54) is 0 Å². The van der Waals surface area contributed by atoms with Crippen molar-refractivity contribution in [3.05, 3.63) is 136 Å². The quantitative estimate of drug-likeness (QED) is 0.171. The number of fused-ring (bicyclic) bond motifs is 1. The fourth-order valence-electron chi connectivity index (χ4n) is 3.85. The molecule has 2 N–H and O–H groups in total. The van der Waals surface area contributed by atoms with Crippen LogP contribution in [0.4, 0.5) is 0 Å². The highest BCUT2D eigenvalue weighted by Crippen LogP contribution is 2.31. The van der Waals surface area contributed by atoms with E-state index in [0.717, 1.165) is 47.0 Å². The molecule has 208 valence electrons. The summed E-state index contributed by atoms with van der Waals surface area (Å²) in [5, 5.41) is 10.6. The standard InChI is InChI=1S/C20H13ClN2O2S.C13H9ClOS/c21-14-4-8-16(9-5-14)26-15-6-1-12(2-7-15)19-22-17-10-3-13(20(24)25)11-18(17)23-19;14-11-3-7-13(8-4-11)16-12-5-1-10(9-15)2-6-12/h1-11H,(H,22,23)(H,24,25);1-9H. The van der Waals surface area contributed by atoms with Crippen LogP contribution in [0.2, 0.25) is 10.0 Å². The van der Waals surface area contributed by atoms with Crippen molar-refractivity contribution in [1.29, 1.82) is 0 Å². The molecule has 6 rings (SSSR count). The van der Waals surface area contributed by atoms with Gasteiger partial charge < -0.3 is 10.1 Å². The molecule has 0 atom stereocenters. The molecule has 5 aromatic carbocycles. The number of imidazole rings is 1. The predicted molar refractivity (Wildman–Crippen MR) is 171 cm³/mol. The average molecular weight is 630 g/mol. The molecule has 0 amide bonds. The SMILES string of the molecule is O=C(O)c1ccc2nc(-c3ccc(Sc4ccc(Cl)cc4)cc3)[nH]c2c1.O=Cc1ccc(Sc2ccc(Cl)cc2)cc1. The van der Waals surface area contributed by atoms with Gasteiger partial charge in [-0.05, 0) is 91.0 Å². The molecular formula is C33H22Cl2N2O3S2. The van der Waals surface area contributed by atoms with Crippen molar-refractivity contribution in [2.45, 2.75) is 19.6 Å². The van der Waals surface area contributed by atoms with Crippen LogP contribution in [0.1, 0.15) is 20.7 Å². The number of benzene rings is 5. The monoisotopic (exact) mass is 628 g/mol. The Morgan fingerprint density at radius 3 is 1.64 bits per heavy atom. The molecule has 42 heavy (non-hydrogen) atoms. The number of carboxylic acids is 1. The highest BCUT2D eigenvalue weighted by atomic mass is 35.5. The Kier molecular flexibility index (Phi) is 9.66. The Bertz CT molecular complexity index is 1820. The lowest BCUT2D eigenvalue weighted by Crippen LogP contribution is -1.94. The van der Waals surface area contributed by atoms with Crippen molar-refractivity contribution >= 4 is 70.0 Å². The van der Waals surface area contributed by atoms with Gasteiger partial charge in [0.2, 0.25) is 0 Å². The van der Waals surface area contributed by atoms with Crippen molar-refractivity contribution in [2.24, 2.45) is 0 Å². The van der Waals surface area contributed by atoms with Gasteiger partial charge in [0.05, 0.1) is 16.6 Å². The molecule has 0 spiro atoms. The van der Waals surface area contributed by atoms with Crippen molar-refractivity contribution < 1.29 is 14.7 Å². The zero-order valence-corrected chi connectivity index (χ0v) is 25.0. The normalized spacial score (nSPS) is 10.6. The molecule has 1 aromatic heterocycles. The molecule has 0 fully saturated rings. The number of aromatic nitrogens is 2. The topological polar surface area (TPSA) is 83.0 Å². The van der Waals surface area contributed by atoms with E-state index >= 15 is 0 Å². The number of hydrogen-bond acceptors (Lipinski definition) is 5. The molecule has 1 heterocycles. The van der Waals surface area contributed by atoms with Gasteiger partial charge in [-0.2, -0.15) is 0 Å². The Hall–Kier alpha value is -4.01. The Labute approximate surface area is 260 Å². The van der Waals surface area contributed by atoms with Gasteiger partial charge in [-0.15, -0.1) is 0 Å². The Balaban J connectivity index is 0.000000189. The first kappa shape index (κ1) is 29.5. The van der Waals surface area contributed by atoms with E-state index in [-0.39, 0.29) is 5.56 Å². The number of aromatic amines is 1. The van der Waals surface area contributed by atoms with Crippen LogP contribution >= 0.6 is 46.7 Å². The molecule has 0 unspecified atom stereocenters. The summed E-state index contributed by atoms with van der Waals surface area (Å²) in [5.74, 6) is -0.239. The van der Waals surface area contributed by atoms with Crippen LogP contribution in [-0.2, 0) is 0 Å². The first-order valence-electron chi connectivity index (χ1n) is 12.6. The second-order valence-corrected chi connectivity index (χ2v) is 12.1. The molecule has 5 nitrogen and oxygen atoms in total.